The lowest BCUT2D eigenvalue weighted by molar-refractivity contribution is -0.140. The number of anilines is 1. The second-order valence-electron chi connectivity index (χ2n) is 12.1. The molecule has 0 bridgehead atoms. The minimum atomic E-state index is -0.741. The monoisotopic (exact) mass is 566 g/mol. The van der Waals surface area contributed by atoms with Crippen molar-refractivity contribution < 1.29 is 14.6 Å². The number of carbonyl (C=O) groups is 1. The van der Waals surface area contributed by atoms with E-state index in [9.17, 15) is 9.90 Å². The number of benzene rings is 3. The van der Waals surface area contributed by atoms with E-state index in [1.807, 2.05) is 42.2 Å². The van der Waals surface area contributed by atoms with Crippen LogP contribution < -0.4 is 9.64 Å². The van der Waals surface area contributed by atoms with Crippen molar-refractivity contribution in [1.29, 1.82) is 0 Å². The predicted molar refractivity (Wildman–Crippen MR) is 168 cm³/mol. The molecule has 0 saturated carbocycles. The normalized spacial score (nSPS) is 20.4. The summed E-state index contributed by atoms with van der Waals surface area (Å²) >= 11 is 0. The average Bonchev–Trinajstić information content (AvgIpc) is 3.46. The van der Waals surface area contributed by atoms with Crippen LogP contribution in [0.25, 0.3) is 21.9 Å². The maximum Gasteiger partial charge on any atom is 0.327 e. The van der Waals surface area contributed by atoms with Crippen LogP contribution in [-0.4, -0.2) is 58.5 Å². The van der Waals surface area contributed by atoms with Gasteiger partial charge in [0.25, 0.3) is 0 Å². The number of carboxylic acid groups (broad SMARTS) is 1. The van der Waals surface area contributed by atoms with E-state index in [4.69, 9.17) is 4.74 Å². The third kappa shape index (κ3) is 4.74. The summed E-state index contributed by atoms with van der Waals surface area (Å²) in [6, 6.07) is 18.2. The molecule has 0 saturated heterocycles. The molecule has 220 valence electrons. The zero-order valence-electron chi connectivity index (χ0n) is 25.3. The molecule has 7 nitrogen and oxygen atoms in total. The molecule has 0 amide bonds. The van der Waals surface area contributed by atoms with E-state index in [0.717, 1.165) is 84.1 Å². The number of hydrogen-bond acceptors (Lipinski definition) is 5. The highest BCUT2D eigenvalue weighted by molar-refractivity contribution is 5.94. The van der Waals surface area contributed by atoms with Crippen LogP contribution in [-0.2, 0) is 23.8 Å². The smallest absolute Gasteiger partial charge is 0.327 e. The Hall–Kier alpha value is -3.84. The second-order valence-corrected chi connectivity index (χ2v) is 12.1. The van der Waals surface area contributed by atoms with Gasteiger partial charge in [0.15, 0.2) is 0 Å². The van der Waals surface area contributed by atoms with Gasteiger partial charge >= 0.3 is 5.97 Å². The second kappa shape index (κ2) is 11.4. The number of rotatable bonds is 8. The van der Waals surface area contributed by atoms with Crippen molar-refractivity contribution in [3.8, 4) is 16.9 Å². The zero-order valence-corrected chi connectivity index (χ0v) is 25.3. The molecule has 7 heteroatoms. The van der Waals surface area contributed by atoms with Crippen LogP contribution in [0, 0.1) is 6.92 Å². The Morgan fingerprint density at radius 3 is 2.69 bits per heavy atom. The first kappa shape index (κ1) is 28.3. The third-order valence-corrected chi connectivity index (χ3v) is 9.44. The summed E-state index contributed by atoms with van der Waals surface area (Å²) < 4.78 is 8.33. The van der Waals surface area contributed by atoms with Crippen LogP contribution in [0.15, 0.2) is 60.8 Å². The van der Waals surface area contributed by atoms with Crippen molar-refractivity contribution in [1.82, 2.24) is 14.7 Å². The van der Waals surface area contributed by atoms with E-state index in [2.05, 4.69) is 66.1 Å². The summed E-state index contributed by atoms with van der Waals surface area (Å²) in [5.74, 6) is 0.139. The molecule has 0 spiro atoms. The van der Waals surface area contributed by atoms with Gasteiger partial charge in [-0.15, -0.1) is 0 Å². The fourth-order valence-electron chi connectivity index (χ4n) is 7.63. The number of hydrogen-bond donors (Lipinski definition) is 1. The molecule has 0 fully saturated rings. The quantitative estimate of drug-likeness (QED) is 0.244. The summed E-state index contributed by atoms with van der Waals surface area (Å²) in [7, 11) is 4.14. The number of aromatic nitrogens is 2. The molecular weight excluding hydrogens is 524 g/mol. The van der Waals surface area contributed by atoms with Crippen molar-refractivity contribution in [2.24, 2.45) is 7.05 Å². The van der Waals surface area contributed by atoms with Gasteiger partial charge in [0, 0.05) is 47.8 Å². The molecule has 2 atom stereocenters. The topological polar surface area (TPSA) is 70.8 Å². The summed E-state index contributed by atoms with van der Waals surface area (Å²) in [6.07, 6.45) is 6.10. The first-order valence-electron chi connectivity index (χ1n) is 15.3. The first-order valence-corrected chi connectivity index (χ1v) is 15.3. The molecule has 2 aliphatic rings. The Balaban J connectivity index is 1.41. The number of aryl methyl sites for hydroxylation is 2. The number of nitrogens with zero attached hydrogens (tertiary/aromatic N) is 4. The largest absolute Gasteiger partial charge is 0.493 e. The summed E-state index contributed by atoms with van der Waals surface area (Å²) in [5, 5.41) is 17.9. The molecular formula is C35H42N4O3. The van der Waals surface area contributed by atoms with Gasteiger partial charge in [0.05, 0.1) is 18.5 Å². The van der Waals surface area contributed by atoms with Gasteiger partial charge in [0.1, 0.15) is 11.8 Å². The molecule has 1 N–H and O–H groups in total. The van der Waals surface area contributed by atoms with Gasteiger partial charge < -0.3 is 19.6 Å². The van der Waals surface area contributed by atoms with Gasteiger partial charge in [-0.3, -0.25) is 4.68 Å². The van der Waals surface area contributed by atoms with Gasteiger partial charge in [-0.2, -0.15) is 5.10 Å². The predicted octanol–water partition coefficient (Wildman–Crippen LogP) is 6.55. The first-order chi connectivity index (χ1) is 20.4. The van der Waals surface area contributed by atoms with Gasteiger partial charge in [0.2, 0.25) is 0 Å². The Kier molecular flexibility index (Phi) is 7.71. The SMILES string of the molecule is CCCC1(CCCOc2cccc3ccccc23)c2ccc(C)c3c2N(CCCN(C)Cc2c-3cnn2C)C1C(=O)O. The highest BCUT2D eigenvalue weighted by Crippen LogP contribution is 2.55. The maximum absolute atomic E-state index is 13.3. The highest BCUT2D eigenvalue weighted by Gasteiger charge is 2.54. The van der Waals surface area contributed by atoms with E-state index in [-0.39, 0.29) is 0 Å². The van der Waals surface area contributed by atoms with Crippen LogP contribution in [0.1, 0.15) is 55.8 Å². The molecule has 4 aromatic rings. The van der Waals surface area contributed by atoms with Crippen molar-refractivity contribution in [2.75, 3.05) is 31.6 Å². The van der Waals surface area contributed by atoms with Gasteiger partial charge in [-0.25, -0.2) is 4.79 Å². The van der Waals surface area contributed by atoms with Crippen LogP contribution >= 0.6 is 0 Å². The number of carboxylic acids is 1. The van der Waals surface area contributed by atoms with Crippen molar-refractivity contribution in [3.63, 3.8) is 0 Å². The van der Waals surface area contributed by atoms with E-state index in [1.165, 1.54) is 11.3 Å². The fourth-order valence-corrected chi connectivity index (χ4v) is 7.63. The third-order valence-electron chi connectivity index (χ3n) is 9.44. The molecule has 1 aromatic heterocycles. The van der Waals surface area contributed by atoms with Gasteiger partial charge in [-0.05, 0) is 68.8 Å². The van der Waals surface area contributed by atoms with E-state index in [1.54, 1.807) is 0 Å². The minimum absolute atomic E-state index is 0.511. The number of ether oxygens (including phenoxy) is 1. The van der Waals surface area contributed by atoms with E-state index < -0.39 is 17.4 Å². The lowest BCUT2D eigenvalue weighted by Gasteiger charge is -2.37. The Morgan fingerprint density at radius 1 is 1.07 bits per heavy atom. The molecule has 2 aliphatic heterocycles. The Labute approximate surface area is 248 Å². The van der Waals surface area contributed by atoms with Gasteiger partial charge in [-0.1, -0.05) is 61.9 Å². The molecule has 6 rings (SSSR count). The Morgan fingerprint density at radius 2 is 1.88 bits per heavy atom. The summed E-state index contributed by atoms with van der Waals surface area (Å²) in [6.45, 7) is 7.27. The molecule has 3 heterocycles. The standard InChI is InChI=1S/C35H42N4O3/c1-5-17-35(18-9-21-42-30-14-8-12-25-11-6-7-13-26(25)30)28-16-15-24(2)31-27-22-36-38(4)29(27)23-37(3)19-10-20-39(32(28)31)33(35)34(40)41/h6-8,11-16,22,33H,5,9-10,17-21,23H2,1-4H3,(H,40,41). The molecule has 42 heavy (non-hydrogen) atoms. The molecule has 2 unspecified atom stereocenters. The maximum atomic E-state index is 13.3. The summed E-state index contributed by atoms with van der Waals surface area (Å²) in [5.41, 5.74) is 6.34. The number of fused-ring (bicyclic) bond motifs is 3. The average molecular weight is 567 g/mol. The number of aliphatic carboxylic acids is 1. The fraction of sp³-hybridized carbons (Fsp3) is 0.429. The minimum Gasteiger partial charge on any atom is -0.493 e. The zero-order chi connectivity index (χ0) is 29.4. The van der Waals surface area contributed by atoms with Crippen molar-refractivity contribution in [2.45, 2.75) is 64.0 Å². The van der Waals surface area contributed by atoms with E-state index in [0.29, 0.717) is 13.2 Å². The Bertz CT molecular complexity index is 1610. The lowest BCUT2D eigenvalue weighted by atomic mass is 9.69. The molecule has 0 radical (unpaired) electrons. The highest BCUT2D eigenvalue weighted by atomic mass is 16.5. The lowest BCUT2D eigenvalue weighted by Crippen LogP contribution is -2.51. The van der Waals surface area contributed by atoms with E-state index >= 15 is 0 Å². The van der Waals surface area contributed by atoms with Crippen LogP contribution in [0.5, 0.6) is 5.75 Å². The van der Waals surface area contributed by atoms with Crippen LogP contribution in [0.4, 0.5) is 5.69 Å². The molecule has 3 aromatic carbocycles. The van der Waals surface area contributed by atoms with Crippen molar-refractivity contribution >= 4 is 22.4 Å². The van der Waals surface area contributed by atoms with Crippen LogP contribution in [0.2, 0.25) is 0 Å². The molecule has 0 aliphatic carbocycles. The van der Waals surface area contributed by atoms with Crippen molar-refractivity contribution in [3.05, 3.63) is 77.6 Å². The van der Waals surface area contributed by atoms with Crippen LogP contribution in [0.3, 0.4) is 0 Å². The summed E-state index contributed by atoms with van der Waals surface area (Å²) in [4.78, 5) is 17.9.